The molecule has 0 rings (SSSR count). The molecule has 0 aliphatic rings. The van der Waals surface area contributed by atoms with Crippen molar-refractivity contribution < 1.29 is 30.0 Å². The fourth-order valence-corrected chi connectivity index (χ4v) is 0. The van der Waals surface area contributed by atoms with Crippen molar-refractivity contribution in [1.29, 1.82) is 0 Å². The summed E-state index contributed by atoms with van der Waals surface area (Å²) in [6.45, 7) is 0. The Morgan fingerprint density at radius 1 is 1.38 bits per heavy atom. The zero-order valence-electron chi connectivity index (χ0n) is 3.00. The summed E-state index contributed by atoms with van der Waals surface area (Å²) in [6.07, 6.45) is 0. The van der Waals surface area contributed by atoms with Gasteiger partial charge in [0.25, 0.3) is 0 Å². The molecule has 0 amide bonds. The van der Waals surface area contributed by atoms with Crippen molar-refractivity contribution in [3.63, 3.8) is 0 Å². The first kappa shape index (κ1) is 22.4. The second-order valence-electron chi connectivity index (χ2n) is 0.448. The van der Waals surface area contributed by atoms with E-state index in [-0.39, 0.29) is 62.7 Å². The van der Waals surface area contributed by atoms with E-state index in [4.69, 9.17) is 13.0 Å². The molecule has 1 N–H and O–H groups in total. The van der Waals surface area contributed by atoms with Crippen LogP contribution in [-0.2, 0) is 25.6 Å². The van der Waals surface area contributed by atoms with E-state index in [1.54, 1.807) is 0 Å². The molecule has 8 heavy (non-hydrogen) atoms. The van der Waals surface area contributed by atoms with Gasteiger partial charge in [-0.3, -0.25) is 0 Å². The van der Waals surface area contributed by atoms with Crippen molar-refractivity contribution >= 4 is 69.1 Å². The first-order valence-electron chi connectivity index (χ1n) is 0.698. The van der Waals surface area contributed by atoms with Gasteiger partial charge in [0.2, 0.25) is 0 Å². The minimum atomic E-state index is -3.73. The summed E-state index contributed by atoms with van der Waals surface area (Å²) < 4.78 is 25.8. The molecule has 0 aromatic rings. The summed E-state index contributed by atoms with van der Waals surface area (Å²) in [5.41, 5.74) is 0. The fourth-order valence-electron chi connectivity index (χ4n) is 0. The van der Waals surface area contributed by atoms with Gasteiger partial charge >= 0.3 is 56.2 Å². The van der Waals surface area contributed by atoms with E-state index in [2.05, 4.69) is 0 Å². The predicted molar refractivity (Wildman–Crippen MR) is 34.4 cm³/mol. The molecule has 8 heteroatoms. The predicted octanol–water partition coefficient (Wildman–Crippen LogP) is -2.88. The third kappa shape index (κ3) is 78.0. The quantitative estimate of drug-likeness (QED) is 0.344. The Morgan fingerprint density at radius 3 is 1.38 bits per heavy atom. The van der Waals surface area contributed by atoms with Crippen LogP contribution < -0.4 is 0 Å². The number of hydrogen-bond donors (Lipinski definition) is 1. The van der Waals surface area contributed by atoms with E-state index in [0.717, 1.165) is 14.9 Å². The summed E-state index contributed by atoms with van der Waals surface area (Å²) >= 11 is 1.11. The molecule has 0 saturated carbocycles. The SMILES string of the molecule is O=S(=O)(O)[SeH].[Cu].[GaH3].[In]. The molecule has 4 radical (unpaired) electrons. The zero-order valence-corrected chi connectivity index (χ0v) is 9.93. The zero-order chi connectivity index (χ0) is 4.50. The molecular weight excluding hydrogens is 407 g/mol. The first-order valence-corrected chi connectivity index (χ1v) is 4.39. The van der Waals surface area contributed by atoms with Crippen LogP contribution in [0.2, 0.25) is 0 Å². The monoisotopic (exact) mass is 412 g/mol. The van der Waals surface area contributed by atoms with Crippen LogP contribution in [-0.4, -0.2) is 73.5 Å². The van der Waals surface area contributed by atoms with E-state index in [0.29, 0.717) is 0 Å². The van der Waals surface area contributed by atoms with Gasteiger partial charge in [-0.15, -0.1) is 0 Å². The van der Waals surface area contributed by atoms with Crippen molar-refractivity contribution in [3.8, 4) is 0 Å². The van der Waals surface area contributed by atoms with E-state index < -0.39 is 8.54 Å². The topological polar surface area (TPSA) is 54.4 Å². The van der Waals surface area contributed by atoms with Crippen LogP contribution in [0.4, 0.5) is 0 Å². The van der Waals surface area contributed by atoms with Crippen LogP contribution in [0.1, 0.15) is 0 Å². The molecule has 0 bridgehead atoms. The Bertz CT molecular complexity index is 102. The molecule has 52 valence electrons. The van der Waals surface area contributed by atoms with E-state index in [1.807, 2.05) is 0 Å². The van der Waals surface area contributed by atoms with Gasteiger partial charge in [0.15, 0.2) is 0 Å². The molecule has 0 saturated heterocycles. The van der Waals surface area contributed by atoms with Crippen molar-refractivity contribution in [1.82, 2.24) is 0 Å². The maximum absolute atomic E-state index is 9.16. The van der Waals surface area contributed by atoms with Gasteiger partial charge in [0.05, 0.1) is 0 Å². The molecule has 0 aliphatic heterocycles. The molecule has 0 heterocycles. The van der Waals surface area contributed by atoms with Crippen LogP contribution in [0.25, 0.3) is 0 Å². The molecule has 3 nitrogen and oxygen atoms in total. The van der Waals surface area contributed by atoms with Gasteiger partial charge in [-0.1, -0.05) is 0 Å². The first-order chi connectivity index (χ1) is 2.00. The summed E-state index contributed by atoms with van der Waals surface area (Å²) in [6, 6.07) is 0. The third-order valence-electron chi connectivity index (χ3n) is 0. The van der Waals surface area contributed by atoms with Crippen molar-refractivity contribution in [2.45, 2.75) is 0 Å². The maximum Gasteiger partial charge on any atom is 0 e. The van der Waals surface area contributed by atoms with Crippen molar-refractivity contribution in [3.05, 3.63) is 0 Å². The van der Waals surface area contributed by atoms with Gasteiger partial charge in [-0.25, -0.2) is 0 Å². The second-order valence-corrected chi connectivity index (χ2v) is 4.25. The molecule has 0 atom stereocenters. The van der Waals surface area contributed by atoms with Crippen molar-refractivity contribution in [2.24, 2.45) is 0 Å². The van der Waals surface area contributed by atoms with Gasteiger partial charge in [0, 0.05) is 42.9 Å². The Morgan fingerprint density at radius 2 is 1.38 bits per heavy atom. The van der Waals surface area contributed by atoms with E-state index >= 15 is 0 Å². The summed E-state index contributed by atoms with van der Waals surface area (Å²) in [5.74, 6) is 0. The minimum Gasteiger partial charge on any atom is 0 e. The van der Waals surface area contributed by atoms with Gasteiger partial charge < -0.3 is 0 Å². The Balaban J connectivity index is -0.0000000267. The van der Waals surface area contributed by atoms with E-state index in [9.17, 15) is 0 Å². The van der Waals surface area contributed by atoms with Gasteiger partial charge in [-0.05, 0) is 0 Å². The van der Waals surface area contributed by atoms with Crippen LogP contribution in [0.5, 0.6) is 0 Å². The molecule has 0 fully saturated rings. The maximum atomic E-state index is 9.16. The molecule has 0 spiro atoms. The molecule has 0 unspecified atom stereocenters. The third-order valence-corrected chi connectivity index (χ3v) is 0. The summed E-state index contributed by atoms with van der Waals surface area (Å²) in [5, 5.41) is 0. The molecule has 0 aliphatic carbocycles. The van der Waals surface area contributed by atoms with Crippen molar-refractivity contribution in [2.75, 3.05) is 0 Å². The van der Waals surface area contributed by atoms with Crippen LogP contribution in [0.15, 0.2) is 0 Å². The van der Waals surface area contributed by atoms with Crippen LogP contribution in [0.3, 0.4) is 0 Å². The smallest absolute Gasteiger partial charge is 0 e. The Hall–Kier alpha value is 2.46. The van der Waals surface area contributed by atoms with Crippen LogP contribution in [0, 0.1) is 0 Å². The number of hydrogen-bond acceptors (Lipinski definition) is 2. The average molecular weight is 412 g/mol. The van der Waals surface area contributed by atoms with Gasteiger partial charge in [0.1, 0.15) is 0 Å². The Labute approximate surface area is 97.7 Å². The average Bonchev–Trinajstić information content (AvgIpc) is 0.722. The standard InChI is InChI=1S/Cu.Ga.In.H2O3SSe.3H/c;;;1-4(2,3)5;;;/h;;;(H2,1,2,3,5);;;. The summed E-state index contributed by atoms with van der Waals surface area (Å²) in [7, 11) is -3.73. The normalized spacial score (nSPS) is 7.25. The second kappa shape index (κ2) is 9.46. The molecule has 0 aromatic heterocycles. The minimum absolute atomic E-state index is 0. The molecular formula is H5CuGaInO3SSe. The fraction of sp³-hybridized carbons (Fsp3) is 0. The van der Waals surface area contributed by atoms with Crippen LogP contribution >= 0.6 is 0 Å². The number of rotatable bonds is 0. The largest absolute Gasteiger partial charge is 0 e. The Kier molecular flexibility index (Phi) is 26.5. The van der Waals surface area contributed by atoms with Gasteiger partial charge in [-0.2, -0.15) is 0 Å². The molecule has 0 aromatic carbocycles. The summed E-state index contributed by atoms with van der Waals surface area (Å²) in [4.78, 5) is 0. The van der Waals surface area contributed by atoms with E-state index in [1.165, 1.54) is 0 Å².